The number of hydrogen-bond acceptors (Lipinski definition) is 6. The molecule has 0 radical (unpaired) electrons. The summed E-state index contributed by atoms with van der Waals surface area (Å²) < 4.78 is 10.0. The molecule has 2 fully saturated rings. The number of esters is 1. The Bertz CT molecular complexity index is 754. The zero-order valence-electron chi connectivity index (χ0n) is 15.3. The SMILES string of the molecule is COC(=O)COc1ccccc1/C=C1/SC(=O)N(CC2CCCCC2)C1=O. The Balaban J connectivity index is 1.72. The summed E-state index contributed by atoms with van der Waals surface area (Å²) in [6, 6.07) is 7.07. The fourth-order valence-electron chi connectivity index (χ4n) is 3.35. The number of ether oxygens (including phenoxy) is 2. The minimum atomic E-state index is -0.488. The van der Waals surface area contributed by atoms with E-state index in [9.17, 15) is 14.4 Å². The number of imide groups is 1. The van der Waals surface area contributed by atoms with Crippen molar-refractivity contribution in [3.63, 3.8) is 0 Å². The van der Waals surface area contributed by atoms with Gasteiger partial charge in [0.25, 0.3) is 11.1 Å². The van der Waals surface area contributed by atoms with Gasteiger partial charge in [-0.05, 0) is 42.7 Å². The summed E-state index contributed by atoms with van der Waals surface area (Å²) in [6.45, 7) is 0.285. The Labute approximate surface area is 162 Å². The van der Waals surface area contributed by atoms with Gasteiger partial charge in [0.15, 0.2) is 6.61 Å². The van der Waals surface area contributed by atoms with E-state index >= 15 is 0 Å². The second-order valence-corrected chi connectivity index (χ2v) is 7.69. The first kappa shape index (κ1) is 19.5. The number of nitrogens with zero attached hydrogens (tertiary/aromatic N) is 1. The number of amides is 2. The second-order valence-electron chi connectivity index (χ2n) is 6.70. The minimum absolute atomic E-state index is 0.218. The quantitative estimate of drug-likeness (QED) is 0.543. The van der Waals surface area contributed by atoms with Crippen molar-refractivity contribution >= 4 is 35.0 Å². The first-order valence-electron chi connectivity index (χ1n) is 9.12. The zero-order chi connectivity index (χ0) is 19.2. The molecule has 1 saturated carbocycles. The summed E-state index contributed by atoms with van der Waals surface area (Å²) in [7, 11) is 1.29. The molecule has 1 aromatic carbocycles. The van der Waals surface area contributed by atoms with Crippen LogP contribution >= 0.6 is 11.8 Å². The molecule has 1 heterocycles. The molecule has 2 aliphatic rings. The third kappa shape index (κ3) is 4.91. The Hall–Kier alpha value is -2.28. The predicted octanol–water partition coefficient (Wildman–Crippen LogP) is 3.86. The van der Waals surface area contributed by atoms with Gasteiger partial charge in [0, 0.05) is 12.1 Å². The third-order valence-electron chi connectivity index (χ3n) is 4.82. The molecule has 0 unspecified atom stereocenters. The van der Waals surface area contributed by atoms with Gasteiger partial charge in [0.1, 0.15) is 5.75 Å². The summed E-state index contributed by atoms with van der Waals surface area (Å²) in [5.41, 5.74) is 0.643. The van der Waals surface area contributed by atoms with Gasteiger partial charge in [-0.1, -0.05) is 37.5 Å². The van der Waals surface area contributed by atoms with Gasteiger partial charge in [-0.2, -0.15) is 0 Å². The van der Waals surface area contributed by atoms with Gasteiger partial charge in [-0.15, -0.1) is 0 Å². The molecular formula is C20H23NO5S. The van der Waals surface area contributed by atoms with Crippen LogP contribution in [0.25, 0.3) is 6.08 Å². The van der Waals surface area contributed by atoms with Crippen molar-refractivity contribution in [2.45, 2.75) is 32.1 Å². The molecule has 1 aromatic rings. The maximum Gasteiger partial charge on any atom is 0.343 e. The fraction of sp³-hybridized carbons (Fsp3) is 0.450. The first-order chi connectivity index (χ1) is 13.1. The summed E-state index contributed by atoms with van der Waals surface area (Å²) in [4.78, 5) is 38.1. The number of para-hydroxylation sites is 1. The monoisotopic (exact) mass is 389 g/mol. The first-order valence-corrected chi connectivity index (χ1v) is 9.94. The van der Waals surface area contributed by atoms with Gasteiger partial charge < -0.3 is 9.47 Å². The van der Waals surface area contributed by atoms with E-state index in [2.05, 4.69) is 4.74 Å². The molecule has 0 spiro atoms. The zero-order valence-corrected chi connectivity index (χ0v) is 16.1. The van der Waals surface area contributed by atoms with E-state index in [0.717, 1.165) is 24.6 Å². The highest BCUT2D eigenvalue weighted by molar-refractivity contribution is 8.18. The Kier molecular flexibility index (Phi) is 6.55. The molecule has 3 rings (SSSR count). The lowest BCUT2D eigenvalue weighted by atomic mass is 9.89. The summed E-state index contributed by atoms with van der Waals surface area (Å²) in [5, 5.41) is -0.218. The van der Waals surface area contributed by atoms with Crippen molar-refractivity contribution in [1.82, 2.24) is 4.90 Å². The van der Waals surface area contributed by atoms with Gasteiger partial charge in [0.05, 0.1) is 12.0 Å². The van der Waals surface area contributed by atoms with Crippen molar-refractivity contribution in [1.29, 1.82) is 0 Å². The van der Waals surface area contributed by atoms with Crippen LogP contribution in [0.15, 0.2) is 29.2 Å². The van der Waals surface area contributed by atoms with E-state index in [0.29, 0.717) is 28.7 Å². The molecule has 27 heavy (non-hydrogen) atoms. The number of benzene rings is 1. The highest BCUT2D eigenvalue weighted by Gasteiger charge is 2.36. The van der Waals surface area contributed by atoms with Crippen LogP contribution in [-0.2, 0) is 14.3 Å². The number of methoxy groups -OCH3 is 1. The Morgan fingerprint density at radius 3 is 2.70 bits per heavy atom. The van der Waals surface area contributed by atoms with Crippen LogP contribution in [0.3, 0.4) is 0 Å². The average molecular weight is 389 g/mol. The van der Waals surface area contributed by atoms with Crippen LogP contribution in [0.2, 0.25) is 0 Å². The van der Waals surface area contributed by atoms with Gasteiger partial charge in [-0.3, -0.25) is 14.5 Å². The number of thioether (sulfide) groups is 1. The van der Waals surface area contributed by atoms with Gasteiger partial charge in [0.2, 0.25) is 0 Å². The van der Waals surface area contributed by atoms with Crippen LogP contribution < -0.4 is 4.74 Å². The van der Waals surface area contributed by atoms with E-state index in [-0.39, 0.29) is 17.8 Å². The van der Waals surface area contributed by atoms with Crippen molar-refractivity contribution in [2.75, 3.05) is 20.3 Å². The second kappa shape index (κ2) is 9.08. The lowest BCUT2D eigenvalue weighted by Gasteiger charge is -2.25. The summed E-state index contributed by atoms with van der Waals surface area (Å²) >= 11 is 0.954. The van der Waals surface area contributed by atoms with Crippen molar-refractivity contribution < 1.29 is 23.9 Å². The molecular weight excluding hydrogens is 366 g/mol. The molecule has 7 heteroatoms. The normalized spacial score (nSPS) is 19.6. The molecule has 6 nitrogen and oxygen atoms in total. The lowest BCUT2D eigenvalue weighted by Crippen LogP contribution is -2.34. The highest BCUT2D eigenvalue weighted by atomic mass is 32.2. The molecule has 1 aliphatic heterocycles. The molecule has 144 valence electrons. The number of carbonyl (C=O) groups excluding carboxylic acids is 3. The third-order valence-corrected chi connectivity index (χ3v) is 5.73. The largest absolute Gasteiger partial charge is 0.481 e. The van der Waals surface area contributed by atoms with Crippen molar-refractivity contribution in [3.05, 3.63) is 34.7 Å². The van der Waals surface area contributed by atoms with E-state index in [1.54, 1.807) is 24.3 Å². The molecule has 2 amide bonds. The van der Waals surface area contributed by atoms with Gasteiger partial charge >= 0.3 is 5.97 Å². The van der Waals surface area contributed by atoms with Crippen molar-refractivity contribution in [2.24, 2.45) is 5.92 Å². The van der Waals surface area contributed by atoms with E-state index in [1.807, 2.05) is 6.07 Å². The fourth-order valence-corrected chi connectivity index (χ4v) is 4.19. The van der Waals surface area contributed by atoms with Crippen LogP contribution in [0.1, 0.15) is 37.7 Å². The summed E-state index contributed by atoms with van der Waals surface area (Å²) in [5.74, 6) is 0.125. The molecule has 0 N–H and O–H groups in total. The van der Waals surface area contributed by atoms with Gasteiger partial charge in [-0.25, -0.2) is 4.79 Å². The summed E-state index contributed by atoms with van der Waals surface area (Å²) in [6.07, 6.45) is 7.37. The number of rotatable bonds is 6. The molecule has 0 aromatic heterocycles. The molecule has 0 bridgehead atoms. The van der Waals surface area contributed by atoms with E-state index in [1.165, 1.54) is 31.3 Å². The van der Waals surface area contributed by atoms with E-state index in [4.69, 9.17) is 4.74 Å². The van der Waals surface area contributed by atoms with Crippen molar-refractivity contribution in [3.8, 4) is 5.75 Å². The predicted molar refractivity (Wildman–Crippen MR) is 103 cm³/mol. The maximum atomic E-state index is 12.7. The molecule has 1 aliphatic carbocycles. The highest BCUT2D eigenvalue weighted by Crippen LogP contribution is 2.36. The Morgan fingerprint density at radius 1 is 1.22 bits per heavy atom. The average Bonchev–Trinajstić information content (AvgIpc) is 2.95. The number of hydrogen-bond donors (Lipinski definition) is 0. The lowest BCUT2D eigenvalue weighted by molar-refractivity contribution is -0.142. The standard InChI is InChI=1S/C20H23NO5S/c1-25-18(22)13-26-16-10-6-5-9-15(16)11-17-19(23)21(20(24)27-17)12-14-7-3-2-4-8-14/h5-6,9-11,14H,2-4,7-8,12-13H2,1H3/b17-11+. The topological polar surface area (TPSA) is 72.9 Å². The molecule has 0 atom stereocenters. The van der Waals surface area contributed by atoms with Crippen LogP contribution in [0.5, 0.6) is 5.75 Å². The van der Waals surface area contributed by atoms with Crippen LogP contribution in [-0.4, -0.2) is 42.3 Å². The van der Waals surface area contributed by atoms with Crippen LogP contribution in [0, 0.1) is 5.92 Å². The molecule has 1 saturated heterocycles. The smallest absolute Gasteiger partial charge is 0.343 e. The number of carbonyl (C=O) groups is 3. The van der Waals surface area contributed by atoms with E-state index < -0.39 is 5.97 Å². The Morgan fingerprint density at radius 2 is 1.96 bits per heavy atom. The minimum Gasteiger partial charge on any atom is -0.481 e. The van der Waals surface area contributed by atoms with Crippen LogP contribution in [0.4, 0.5) is 4.79 Å². The maximum absolute atomic E-state index is 12.7.